The fourth-order valence-corrected chi connectivity index (χ4v) is 3.08. The van der Waals surface area contributed by atoms with Gasteiger partial charge in [-0.1, -0.05) is 30.3 Å². The van der Waals surface area contributed by atoms with E-state index in [1.54, 1.807) is 12.5 Å². The second kappa shape index (κ2) is 5.77. The third-order valence-electron chi connectivity index (χ3n) is 4.13. The van der Waals surface area contributed by atoms with E-state index in [2.05, 4.69) is 28.3 Å². The highest BCUT2D eigenvalue weighted by Crippen LogP contribution is 2.27. The van der Waals surface area contributed by atoms with Crippen LogP contribution in [0, 0.1) is 12.1 Å². The van der Waals surface area contributed by atoms with Crippen LogP contribution in [-0.2, 0) is 0 Å². The smallest absolute Gasteiger partial charge is 0.223 e. The van der Waals surface area contributed by atoms with Gasteiger partial charge in [0.05, 0.1) is 0 Å². The maximum atomic E-state index is 12.1. The lowest BCUT2D eigenvalue weighted by molar-refractivity contribution is -0.577. The third kappa shape index (κ3) is 2.50. The van der Waals surface area contributed by atoms with Gasteiger partial charge in [0.25, 0.3) is 0 Å². The Morgan fingerprint density at radius 2 is 1.88 bits per heavy atom. The summed E-state index contributed by atoms with van der Waals surface area (Å²) in [7, 11) is 0. The van der Waals surface area contributed by atoms with E-state index in [4.69, 9.17) is 0 Å². The summed E-state index contributed by atoms with van der Waals surface area (Å²) in [6.07, 6.45) is 4.84. The van der Waals surface area contributed by atoms with Crippen LogP contribution in [0.5, 0.6) is 0 Å². The van der Waals surface area contributed by atoms with Crippen LogP contribution in [0.25, 0.3) is 10.9 Å². The Bertz CT molecular complexity index is 981. The van der Waals surface area contributed by atoms with Crippen molar-refractivity contribution in [3.8, 4) is 0 Å². The van der Waals surface area contributed by atoms with Crippen LogP contribution >= 0.6 is 0 Å². The van der Waals surface area contributed by atoms with Gasteiger partial charge in [-0.3, -0.25) is 0 Å². The topological polar surface area (TPSA) is 57.7 Å². The molecule has 0 fully saturated rings. The predicted octanol–water partition coefficient (Wildman–Crippen LogP) is 3.01. The van der Waals surface area contributed by atoms with Crippen molar-refractivity contribution in [2.24, 2.45) is 0 Å². The Morgan fingerprint density at radius 1 is 1.04 bits per heavy atom. The molecule has 1 atom stereocenters. The van der Waals surface area contributed by atoms with Crippen molar-refractivity contribution in [3.63, 3.8) is 0 Å². The molecule has 0 saturated heterocycles. The summed E-state index contributed by atoms with van der Waals surface area (Å²) >= 11 is 0. The molecule has 2 aromatic heterocycles. The number of aromatic nitrogens is 4. The monoisotopic (exact) mass is 316 g/mol. The van der Waals surface area contributed by atoms with Gasteiger partial charge in [-0.15, -0.1) is 0 Å². The first-order chi connectivity index (χ1) is 11.7. The Morgan fingerprint density at radius 3 is 2.62 bits per heavy atom. The van der Waals surface area contributed by atoms with Crippen molar-refractivity contribution < 1.29 is 4.73 Å². The van der Waals surface area contributed by atoms with Crippen molar-refractivity contribution in [1.29, 1.82) is 0 Å². The molecule has 24 heavy (non-hydrogen) atoms. The van der Waals surface area contributed by atoms with Crippen LogP contribution in [-0.4, -0.2) is 14.8 Å². The molecule has 0 radical (unpaired) electrons. The van der Waals surface area contributed by atoms with Crippen molar-refractivity contribution in [2.45, 2.75) is 13.0 Å². The number of benzene rings is 2. The van der Waals surface area contributed by atoms with E-state index in [9.17, 15) is 5.21 Å². The number of rotatable bonds is 3. The summed E-state index contributed by atoms with van der Waals surface area (Å²) in [6, 6.07) is 18.0. The molecule has 0 aliphatic carbocycles. The number of nitrogens with zero attached hydrogens (tertiary/aromatic N) is 4. The van der Waals surface area contributed by atoms with E-state index in [-0.39, 0.29) is 6.04 Å². The lowest BCUT2D eigenvalue weighted by Gasteiger charge is -2.18. The highest BCUT2D eigenvalue weighted by molar-refractivity contribution is 5.77. The minimum atomic E-state index is -0.0845. The highest BCUT2D eigenvalue weighted by atomic mass is 16.5. The average molecular weight is 316 g/mol. The molecule has 2 heterocycles. The quantitative estimate of drug-likeness (QED) is 0.431. The molecule has 0 aliphatic rings. The number of hydrogen-bond acceptors (Lipinski definition) is 3. The molecule has 118 valence electrons. The van der Waals surface area contributed by atoms with Crippen LogP contribution in [0.1, 0.15) is 22.7 Å². The van der Waals surface area contributed by atoms with Gasteiger partial charge in [0.15, 0.2) is 6.20 Å². The van der Waals surface area contributed by atoms with Gasteiger partial charge in [0.1, 0.15) is 18.7 Å². The van der Waals surface area contributed by atoms with Crippen LogP contribution in [0.15, 0.2) is 73.4 Å². The molecule has 0 amide bonds. The van der Waals surface area contributed by atoms with Gasteiger partial charge in [0.2, 0.25) is 5.52 Å². The molecule has 1 unspecified atom stereocenters. The second-order valence-electron chi connectivity index (χ2n) is 5.85. The summed E-state index contributed by atoms with van der Waals surface area (Å²) in [5, 5.41) is 17.3. The minimum absolute atomic E-state index is 0.0845. The molecule has 0 saturated carbocycles. The molecule has 5 heteroatoms. The normalized spacial score (nSPS) is 12.4. The Hall–Kier alpha value is -3.21. The van der Waals surface area contributed by atoms with Crippen LogP contribution < -0.4 is 4.73 Å². The number of hydrogen-bond donors (Lipinski definition) is 0. The van der Waals surface area contributed by atoms with Gasteiger partial charge >= 0.3 is 0 Å². The average Bonchev–Trinajstić information content (AvgIpc) is 3.10. The molecular formula is C19H16N4O. The minimum Gasteiger partial charge on any atom is -0.618 e. The SMILES string of the molecule is Cc1cc2cc(C(c3ccccc3)n3cncn3)ccc2[n+]([O-])c1. The lowest BCUT2D eigenvalue weighted by Crippen LogP contribution is -2.26. The second-order valence-corrected chi connectivity index (χ2v) is 5.85. The van der Waals surface area contributed by atoms with Crippen molar-refractivity contribution in [1.82, 2.24) is 14.8 Å². The van der Waals surface area contributed by atoms with Gasteiger partial charge in [-0.05, 0) is 36.2 Å². The lowest BCUT2D eigenvalue weighted by atomic mass is 9.97. The molecule has 4 rings (SSSR count). The van der Waals surface area contributed by atoms with Crippen LogP contribution in [0.4, 0.5) is 0 Å². The van der Waals surface area contributed by atoms with E-state index < -0.39 is 0 Å². The zero-order valence-electron chi connectivity index (χ0n) is 13.2. The molecule has 0 N–H and O–H groups in total. The predicted molar refractivity (Wildman–Crippen MR) is 91.4 cm³/mol. The van der Waals surface area contributed by atoms with Crippen LogP contribution in [0.3, 0.4) is 0 Å². The summed E-state index contributed by atoms with van der Waals surface area (Å²) in [6.45, 7) is 1.92. The Labute approximate surface area is 139 Å². The van der Waals surface area contributed by atoms with E-state index in [0.717, 1.165) is 26.8 Å². The fourth-order valence-electron chi connectivity index (χ4n) is 3.08. The largest absolute Gasteiger partial charge is 0.618 e. The van der Waals surface area contributed by atoms with E-state index in [1.165, 1.54) is 6.33 Å². The van der Waals surface area contributed by atoms with Crippen molar-refractivity contribution >= 4 is 10.9 Å². The first-order valence-corrected chi connectivity index (χ1v) is 7.75. The number of pyridine rings is 1. The summed E-state index contributed by atoms with van der Waals surface area (Å²) < 4.78 is 2.75. The summed E-state index contributed by atoms with van der Waals surface area (Å²) in [5.74, 6) is 0. The fraction of sp³-hybridized carbons (Fsp3) is 0.105. The Balaban J connectivity index is 1.91. The highest BCUT2D eigenvalue weighted by Gasteiger charge is 2.18. The molecule has 5 nitrogen and oxygen atoms in total. The van der Waals surface area contributed by atoms with Gasteiger partial charge in [-0.25, -0.2) is 9.67 Å². The van der Waals surface area contributed by atoms with Crippen LogP contribution in [0.2, 0.25) is 0 Å². The standard InChI is InChI=1S/C19H16N4O/c1-14-9-17-10-16(7-8-18(17)23(24)11-14)19(22-13-20-12-21-22)15-5-3-2-4-6-15/h2-13,19H,1H3. The maximum absolute atomic E-state index is 12.1. The van der Waals surface area contributed by atoms with Crippen molar-refractivity contribution in [3.05, 3.63) is 95.3 Å². The Kier molecular flexibility index (Phi) is 3.46. The molecule has 0 bridgehead atoms. The van der Waals surface area contributed by atoms with E-state index in [1.807, 2.05) is 48.0 Å². The first-order valence-electron chi connectivity index (χ1n) is 7.75. The van der Waals surface area contributed by atoms with Gasteiger partial charge in [-0.2, -0.15) is 9.83 Å². The summed E-state index contributed by atoms with van der Waals surface area (Å²) in [5.41, 5.74) is 3.77. The third-order valence-corrected chi connectivity index (χ3v) is 4.13. The van der Waals surface area contributed by atoms with Gasteiger partial charge in [0, 0.05) is 17.0 Å². The first kappa shape index (κ1) is 14.4. The zero-order chi connectivity index (χ0) is 16.5. The van der Waals surface area contributed by atoms with Crippen molar-refractivity contribution in [2.75, 3.05) is 0 Å². The van der Waals surface area contributed by atoms with E-state index in [0.29, 0.717) is 5.52 Å². The number of fused-ring (bicyclic) bond motifs is 1. The molecule has 2 aromatic carbocycles. The van der Waals surface area contributed by atoms with Gasteiger partial charge < -0.3 is 5.21 Å². The molecular weight excluding hydrogens is 300 g/mol. The molecule has 0 spiro atoms. The maximum Gasteiger partial charge on any atom is 0.223 e. The molecule has 0 aliphatic heterocycles. The number of aryl methyl sites for hydroxylation is 1. The zero-order valence-corrected chi connectivity index (χ0v) is 13.2. The van der Waals surface area contributed by atoms with E-state index >= 15 is 0 Å². The summed E-state index contributed by atoms with van der Waals surface area (Å²) in [4.78, 5) is 4.08. The molecule has 4 aromatic rings.